The summed E-state index contributed by atoms with van der Waals surface area (Å²) in [6.45, 7) is 3.27. The molecule has 0 bridgehead atoms. The largest absolute Gasteiger partial charge is 0.441 e. The molecule has 2 aliphatic rings. The van der Waals surface area contributed by atoms with Crippen LogP contribution in [0.2, 0.25) is 0 Å². The van der Waals surface area contributed by atoms with E-state index in [0.29, 0.717) is 25.8 Å². The van der Waals surface area contributed by atoms with E-state index in [2.05, 4.69) is 10.2 Å². The van der Waals surface area contributed by atoms with E-state index in [0.717, 1.165) is 13.1 Å². The van der Waals surface area contributed by atoms with Crippen molar-refractivity contribution in [1.29, 1.82) is 0 Å². The van der Waals surface area contributed by atoms with Gasteiger partial charge in [0.2, 0.25) is 0 Å². The topological polar surface area (TPSA) is 24.5 Å². The molecule has 1 aliphatic heterocycles. The van der Waals surface area contributed by atoms with Crippen LogP contribution in [0.3, 0.4) is 0 Å². The zero-order chi connectivity index (χ0) is 13.0. The van der Waals surface area contributed by atoms with Crippen LogP contribution in [0.15, 0.2) is 0 Å². The third-order valence-corrected chi connectivity index (χ3v) is 3.93. The maximum atomic E-state index is 12.1. The molecule has 0 radical (unpaired) electrons. The zero-order valence-corrected chi connectivity index (χ0v) is 11.0. The van der Waals surface area contributed by atoms with Crippen LogP contribution < -0.4 is 5.32 Å². The normalized spacial score (nSPS) is 26.5. The summed E-state index contributed by atoms with van der Waals surface area (Å²) in [6, 6.07) is 0.839. The molecule has 0 aromatic heterocycles. The number of nitrogens with one attached hydrogen (secondary N) is 1. The molecule has 1 unspecified atom stereocenters. The minimum Gasteiger partial charge on any atom is -0.378 e. The number of hydrogen-bond donors (Lipinski definition) is 1. The monoisotopic (exact) mass is 284 g/mol. The highest BCUT2D eigenvalue weighted by Gasteiger charge is 2.30. The molecule has 1 atom stereocenters. The van der Waals surface area contributed by atoms with Gasteiger partial charge in [-0.25, -0.2) is 0 Å². The van der Waals surface area contributed by atoms with Crippen molar-refractivity contribution in [2.75, 3.05) is 38.6 Å². The lowest BCUT2D eigenvalue weighted by Crippen LogP contribution is -2.51. The van der Waals surface area contributed by atoms with E-state index in [1.807, 2.05) is 0 Å². The molecule has 1 aliphatic carbocycles. The van der Waals surface area contributed by atoms with Crippen LogP contribution in [0.1, 0.15) is 12.8 Å². The van der Waals surface area contributed by atoms with E-state index < -0.39 is 5.51 Å². The van der Waals surface area contributed by atoms with Crippen molar-refractivity contribution in [1.82, 2.24) is 10.2 Å². The zero-order valence-electron chi connectivity index (χ0n) is 10.2. The van der Waals surface area contributed by atoms with Crippen LogP contribution in [0.25, 0.3) is 0 Å². The third kappa shape index (κ3) is 5.34. The molecular weight excluding hydrogens is 265 g/mol. The molecular formula is C11H19F3N2OS. The number of nitrogens with zero attached hydrogens (tertiary/aromatic N) is 1. The van der Waals surface area contributed by atoms with Crippen molar-refractivity contribution in [3.63, 3.8) is 0 Å². The molecule has 2 rings (SSSR count). The first-order chi connectivity index (χ1) is 8.54. The molecule has 1 heterocycles. The third-order valence-electron chi connectivity index (χ3n) is 3.21. The molecule has 0 amide bonds. The molecule has 3 nitrogen and oxygen atoms in total. The summed E-state index contributed by atoms with van der Waals surface area (Å²) in [7, 11) is 0. The van der Waals surface area contributed by atoms with Gasteiger partial charge >= 0.3 is 5.51 Å². The van der Waals surface area contributed by atoms with Gasteiger partial charge in [-0.1, -0.05) is 0 Å². The Morgan fingerprint density at radius 1 is 1.33 bits per heavy atom. The number of hydrogen-bond acceptors (Lipinski definition) is 4. The lowest BCUT2D eigenvalue weighted by Gasteiger charge is -2.35. The Morgan fingerprint density at radius 2 is 2.11 bits per heavy atom. The standard InChI is InChI=1S/C11H19F3N2OS/c12-11(13,14)18-6-4-16-3-5-17-8-10(16)7-15-9-1-2-9/h9-10,15H,1-8H2. The second-order valence-electron chi connectivity index (χ2n) is 4.74. The molecule has 1 N–H and O–H groups in total. The summed E-state index contributed by atoms with van der Waals surface area (Å²) in [5.41, 5.74) is -4.12. The summed E-state index contributed by atoms with van der Waals surface area (Å²) in [5, 5.41) is 3.41. The predicted octanol–water partition coefficient (Wildman–Crippen LogP) is 1.69. The minimum atomic E-state index is -4.12. The van der Waals surface area contributed by atoms with Gasteiger partial charge in [-0.2, -0.15) is 13.2 Å². The van der Waals surface area contributed by atoms with Crippen LogP contribution in [-0.2, 0) is 4.74 Å². The van der Waals surface area contributed by atoms with Crippen LogP contribution >= 0.6 is 11.8 Å². The fourth-order valence-corrected chi connectivity index (χ4v) is 2.60. The summed E-state index contributed by atoms with van der Waals surface area (Å²) in [6.07, 6.45) is 2.44. The minimum absolute atomic E-state index is 0.0631. The Kier molecular flexibility index (Phi) is 5.17. The smallest absolute Gasteiger partial charge is 0.378 e. The van der Waals surface area contributed by atoms with E-state index in [9.17, 15) is 13.2 Å². The lowest BCUT2D eigenvalue weighted by molar-refractivity contribution is -0.0334. The maximum absolute atomic E-state index is 12.1. The fourth-order valence-electron chi connectivity index (χ4n) is 2.04. The predicted molar refractivity (Wildman–Crippen MR) is 65.7 cm³/mol. The van der Waals surface area contributed by atoms with Crippen molar-refractivity contribution in [3.8, 4) is 0 Å². The highest BCUT2D eigenvalue weighted by Crippen LogP contribution is 2.30. The Bertz CT molecular complexity index is 261. The maximum Gasteiger partial charge on any atom is 0.441 e. The van der Waals surface area contributed by atoms with Gasteiger partial charge in [0.1, 0.15) is 0 Å². The second kappa shape index (κ2) is 6.45. The van der Waals surface area contributed by atoms with Crippen molar-refractivity contribution in [2.24, 2.45) is 0 Å². The molecule has 1 saturated carbocycles. The van der Waals surface area contributed by atoms with Crippen LogP contribution in [0.5, 0.6) is 0 Å². The molecule has 0 aromatic rings. The first-order valence-electron chi connectivity index (χ1n) is 6.30. The summed E-state index contributed by atoms with van der Waals surface area (Å²) >= 11 is 0.0631. The number of morpholine rings is 1. The Morgan fingerprint density at radius 3 is 2.78 bits per heavy atom. The average Bonchev–Trinajstić information content (AvgIpc) is 3.10. The van der Waals surface area contributed by atoms with Gasteiger partial charge in [-0.05, 0) is 24.6 Å². The van der Waals surface area contributed by atoms with Crippen LogP contribution in [-0.4, -0.2) is 61.1 Å². The van der Waals surface area contributed by atoms with E-state index in [-0.39, 0.29) is 23.6 Å². The average molecular weight is 284 g/mol. The van der Waals surface area contributed by atoms with Gasteiger partial charge in [0.05, 0.1) is 13.2 Å². The highest BCUT2D eigenvalue weighted by molar-refractivity contribution is 8.00. The first kappa shape index (κ1) is 14.4. The number of ether oxygens (including phenoxy) is 1. The van der Waals surface area contributed by atoms with Gasteiger partial charge in [-0.15, -0.1) is 0 Å². The number of rotatable bonds is 6. The highest BCUT2D eigenvalue weighted by atomic mass is 32.2. The quantitative estimate of drug-likeness (QED) is 0.802. The molecule has 18 heavy (non-hydrogen) atoms. The van der Waals surface area contributed by atoms with Crippen molar-refractivity contribution in [3.05, 3.63) is 0 Å². The van der Waals surface area contributed by atoms with E-state index in [1.165, 1.54) is 12.8 Å². The number of alkyl halides is 3. The van der Waals surface area contributed by atoms with Gasteiger partial charge in [0.15, 0.2) is 0 Å². The van der Waals surface area contributed by atoms with Crippen molar-refractivity contribution in [2.45, 2.75) is 30.4 Å². The van der Waals surface area contributed by atoms with Gasteiger partial charge in [-0.3, -0.25) is 4.90 Å². The summed E-state index contributed by atoms with van der Waals surface area (Å²) < 4.78 is 41.6. The van der Waals surface area contributed by atoms with Crippen molar-refractivity contribution >= 4 is 11.8 Å². The van der Waals surface area contributed by atoms with E-state index >= 15 is 0 Å². The summed E-state index contributed by atoms with van der Waals surface area (Å²) in [5.74, 6) is 0.101. The SMILES string of the molecule is FC(F)(F)SCCN1CCOCC1CNC1CC1. The molecule has 0 aromatic carbocycles. The van der Waals surface area contributed by atoms with Gasteiger partial charge < -0.3 is 10.1 Å². The Balaban J connectivity index is 1.68. The number of thioether (sulfide) groups is 1. The molecule has 7 heteroatoms. The fraction of sp³-hybridized carbons (Fsp3) is 1.00. The molecule has 106 valence electrons. The molecule has 1 saturated heterocycles. The Hall–Kier alpha value is 0.0200. The number of halogens is 3. The van der Waals surface area contributed by atoms with Crippen LogP contribution in [0, 0.1) is 0 Å². The van der Waals surface area contributed by atoms with Gasteiger partial charge in [0, 0.05) is 37.5 Å². The first-order valence-corrected chi connectivity index (χ1v) is 7.29. The lowest BCUT2D eigenvalue weighted by atomic mass is 10.2. The molecule has 0 spiro atoms. The van der Waals surface area contributed by atoms with Gasteiger partial charge in [0.25, 0.3) is 0 Å². The molecule has 2 fully saturated rings. The Labute approximate surface area is 109 Å². The van der Waals surface area contributed by atoms with E-state index in [4.69, 9.17) is 4.74 Å². The van der Waals surface area contributed by atoms with E-state index in [1.54, 1.807) is 0 Å². The summed E-state index contributed by atoms with van der Waals surface area (Å²) in [4.78, 5) is 2.11. The second-order valence-corrected chi connectivity index (χ2v) is 5.90. The van der Waals surface area contributed by atoms with Crippen molar-refractivity contribution < 1.29 is 17.9 Å². The van der Waals surface area contributed by atoms with Crippen LogP contribution in [0.4, 0.5) is 13.2 Å².